The number of benzene rings is 3. The summed E-state index contributed by atoms with van der Waals surface area (Å²) in [7, 11) is -3.96. The lowest BCUT2D eigenvalue weighted by Gasteiger charge is -2.32. The fourth-order valence-electron chi connectivity index (χ4n) is 4.59. The number of hydrogen-bond donors (Lipinski definition) is 1. The van der Waals surface area contributed by atoms with Gasteiger partial charge in [-0.05, 0) is 54.3 Å². The Bertz CT molecular complexity index is 1490. The van der Waals surface area contributed by atoms with Crippen LogP contribution in [0, 0.1) is 0 Å². The lowest BCUT2D eigenvalue weighted by atomic mass is 10.0. The number of rotatable bonds is 14. The maximum Gasteiger partial charge on any atom is 0.416 e. The number of halogens is 4. The van der Waals surface area contributed by atoms with Gasteiger partial charge in [-0.15, -0.1) is 0 Å². The molecule has 1 N–H and O–H groups in total. The molecule has 232 valence electrons. The highest BCUT2D eigenvalue weighted by Gasteiger charge is 2.32. The van der Waals surface area contributed by atoms with Gasteiger partial charge in [-0.1, -0.05) is 71.4 Å². The Labute approximate surface area is 259 Å². The quantitative estimate of drug-likeness (QED) is 0.220. The molecule has 0 aromatic heterocycles. The van der Waals surface area contributed by atoms with Crippen LogP contribution in [0.3, 0.4) is 0 Å². The van der Waals surface area contributed by atoms with Gasteiger partial charge in [0.2, 0.25) is 21.8 Å². The largest absolute Gasteiger partial charge is 0.416 e. The minimum Gasteiger partial charge on any atom is -0.354 e. The first kappa shape index (κ1) is 34.1. The molecular weight excluding hydrogens is 647 g/mol. The topological polar surface area (TPSA) is 86.8 Å². The fraction of sp³-hybridized carbons (Fsp3) is 0.355. The normalized spacial score (nSPS) is 12.4. The first-order valence-electron chi connectivity index (χ1n) is 13.8. The molecule has 1 atom stereocenters. The van der Waals surface area contributed by atoms with Gasteiger partial charge in [0, 0.05) is 36.9 Å². The number of hydrogen-bond acceptors (Lipinski definition) is 4. The van der Waals surface area contributed by atoms with E-state index < -0.39 is 27.8 Å². The lowest BCUT2D eigenvalue weighted by molar-refractivity contribution is -0.141. The van der Waals surface area contributed by atoms with Crippen LogP contribution in [0.4, 0.5) is 18.9 Å². The number of carbonyl (C=O) groups is 2. The van der Waals surface area contributed by atoms with Crippen LogP contribution in [0.2, 0.25) is 0 Å². The zero-order chi connectivity index (χ0) is 31.6. The molecule has 0 radical (unpaired) electrons. The molecule has 12 heteroatoms. The number of nitrogens with one attached hydrogen (secondary N) is 1. The van der Waals surface area contributed by atoms with E-state index in [9.17, 15) is 31.2 Å². The van der Waals surface area contributed by atoms with Crippen LogP contribution >= 0.6 is 15.9 Å². The molecule has 3 aromatic rings. The molecule has 2 amide bonds. The number of alkyl halides is 3. The van der Waals surface area contributed by atoms with E-state index in [0.717, 1.165) is 44.4 Å². The van der Waals surface area contributed by atoms with Crippen molar-refractivity contribution in [2.24, 2.45) is 0 Å². The Morgan fingerprint density at radius 1 is 0.953 bits per heavy atom. The molecule has 0 aliphatic heterocycles. The molecule has 0 fully saturated rings. The van der Waals surface area contributed by atoms with E-state index in [0.29, 0.717) is 13.0 Å². The average Bonchev–Trinajstić information content (AvgIpc) is 2.95. The zero-order valence-electron chi connectivity index (χ0n) is 24.0. The van der Waals surface area contributed by atoms with Crippen molar-refractivity contribution in [1.29, 1.82) is 0 Å². The van der Waals surface area contributed by atoms with Gasteiger partial charge in [-0.3, -0.25) is 13.9 Å². The number of anilines is 1. The van der Waals surface area contributed by atoms with E-state index in [4.69, 9.17) is 0 Å². The highest BCUT2D eigenvalue weighted by molar-refractivity contribution is 9.10. The van der Waals surface area contributed by atoms with E-state index in [1.54, 1.807) is 0 Å². The van der Waals surface area contributed by atoms with Gasteiger partial charge in [0.25, 0.3) is 0 Å². The highest BCUT2D eigenvalue weighted by atomic mass is 79.9. The van der Waals surface area contributed by atoms with Crippen molar-refractivity contribution in [1.82, 2.24) is 10.2 Å². The van der Waals surface area contributed by atoms with Crippen molar-refractivity contribution in [3.8, 4) is 0 Å². The van der Waals surface area contributed by atoms with Gasteiger partial charge in [0.1, 0.15) is 6.04 Å². The van der Waals surface area contributed by atoms with Crippen LogP contribution in [0.15, 0.2) is 83.3 Å². The van der Waals surface area contributed by atoms with Gasteiger partial charge < -0.3 is 10.2 Å². The molecule has 0 aliphatic carbocycles. The standard InChI is InChI=1S/C31H35BrF3N3O4S/c1-3-17-36-30(40)28(20-23-10-5-4-6-11-23)37(22-24-12-7-14-26(32)19-24)29(39)16-9-18-38(43(2,41)42)27-15-8-13-25(21-27)31(33,34)35/h4-8,10-15,19,21,28H,3,9,16-18,20,22H2,1-2H3,(H,36,40)/t28-/m0/s1. The van der Waals surface area contributed by atoms with E-state index in [-0.39, 0.29) is 49.9 Å². The summed E-state index contributed by atoms with van der Waals surface area (Å²) >= 11 is 3.44. The number of carbonyl (C=O) groups excluding carboxylic acids is 2. The smallest absolute Gasteiger partial charge is 0.354 e. The van der Waals surface area contributed by atoms with Crippen molar-refractivity contribution in [3.05, 3.63) is 100 Å². The van der Waals surface area contributed by atoms with Crippen LogP contribution in [0.25, 0.3) is 0 Å². The summed E-state index contributed by atoms with van der Waals surface area (Å²) in [6.07, 6.45) is -2.88. The highest BCUT2D eigenvalue weighted by Crippen LogP contribution is 2.32. The molecule has 3 rings (SSSR count). The molecule has 0 heterocycles. The van der Waals surface area contributed by atoms with Crippen molar-refractivity contribution in [2.75, 3.05) is 23.7 Å². The van der Waals surface area contributed by atoms with Crippen molar-refractivity contribution in [2.45, 2.75) is 51.4 Å². The monoisotopic (exact) mass is 681 g/mol. The van der Waals surface area contributed by atoms with Crippen LogP contribution in [0.5, 0.6) is 0 Å². The third-order valence-corrected chi connectivity index (χ3v) is 8.36. The molecule has 0 saturated carbocycles. The summed E-state index contributed by atoms with van der Waals surface area (Å²) in [5.74, 6) is -0.694. The summed E-state index contributed by atoms with van der Waals surface area (Å²) in [4.78, 5) is 28.7. The molecule has 0 unspecified atom stereocenters. The summed E-state index contributed by atoms with van der Waals surface area (Å²) in [6.45, 7) is 2.26. The van der Waals surface area contributed by atoms with E-state index in [1.165, 1.54) is 11.0 Å². The summed E-state index contributed by atoms with van der Waals surface area (Å²) in [5, 5.41) is 2.90. The number of nitrogens with zero attached hydrogens (tertiary/aromatic N) is 2. The minimum atomic E-state index is -4.64. The zero-order valence-corrected chi connectivity index (χ0v) is 26.4. The molecule has 0 aliphatic rings. The van der Waals surface area contributed by atoms with Gasteiger partial charge in [0.05, 0.1) is 17.5 Å². The van der Waals surface area contributed by atoms with Crippen LogP contribution in [-0.2, 0) is 38.8 Å². The molecule has 0 saturated heterocycles. The Kier molecular flexibility index (Phi) is 12.2. The second kappa shape index (κ2) is 15.4. The number of amides is 2. The maximum absolute atomic E-state index is 13.8. The van der Waals surface area contributed by atoms with Gasteiger partial charge in [0.15, 0.2) is 0 Å². The van der Waals surface area contributed by atoms with Gasteiger partial charge in [-0.2, -0.15) is 13.2 Å². The Morgan fingerprint density at radius 2 is 1.63 bits per heavy atom. The molecule has 43 heavy (non-hydrogen) atoms. The Hall–Kier alpha value is -3.38. The second-order valence-corrected chi connectivity index (χ2v) is 13.0. The molecule has 0 spiro atoms. The van der Waals surface area contributed by atoms with Crippen LogP contribution < -0.4 is 9.62 Å². The van der Waals surface area contributed by atoms with E-state index in [1.807, 2.05) is 61.5 Å². The lowest BCUT2D eigenvalue weighted by Crippen LogP contribution is -2.50. The third-order valence-electron chi connectivity index (χ3n) is 6.68. The van der Waals surface area contributed by atoms with Crippen molar-refractivity contribution in [3.63, 3.8) is 0 Å². The predicted molar refractivity (Wildman–Crippen MR) is 165 cm³/mol. The Morgan fingerprint density at radius 3 is 2.26 bits per heavy atom. The third kappa shape index (κ3) is 10.4. The molecule has 3 aromatic carbocycles. The van der Waals surface area contributed by atoms with Gasteiger partial charge in [-0.25, -0.2) is 8.42 Å². The van der Waals surface area contributed by atoms with E-state index in [2.05, 4.69) is 21.2 Å². The summed E-state index contributed by atoms with van der Waals surface area (Å²) in [5.41, 5.74) is 0.526. The average molecular weight is 683 g/mol. The summed E-state index contributed by atoms with van der Waals surface area (Å²) < 4.78 is 66.7. The molecule has 7 nitrogen and oxygen atoms in total. The van der Waals surface area contributed by atoms with Crippen LogP contribution in [0.1, 0.15) is 42.9 Å². The molecule has 0 bridgehead atoms. The predicted octanol–water partition coefficient (Wildman–Crippen LogP) is 6.18. The first-order valence-corrected chi connectivity index (χ1v) is 16.4. The Balaban J connectivity index is 1.89. The maximum atomic E-state index is 13.8. The SMILES string of the molecule is CCCNC(=O)[C@H](Cc1ccccc1)N(Cc1cccc(Br)c1)C(=O)CCCN(c1cccc(C(F)(F)F)c1)S(C)(=O)=O. The summed E-state index contributed by atoms with van der Waals surface area (Å²) in [6, 6.07) is 19.9. The van der Waals surface area contributed by atoms with Crippen molar-refractivity contribution >= 4 is 43.5 Å². The first-order chi connectivity index (χ1) is 20.3. The van der Waals surface area contributed by atoms with Crippen LogP contribution in [-0.4, -0.2) is 50.5 Å². The fourth-order valence-corrected chi connectivity index (χ4v) is 6.00. The minimum absolute atomic E-state index is 0.0196. The van der Waals surface area contributed by atoms with Crippen molar-refractivity contribution < 1.29 is 31.2 Å². The molecular formula is C31H35BrF3N3O4S. The second-order valence-electron chi connectivity index (χ2n) is 10.1. The van der Waals surface area contributed by atoms with E-state index >= 15 is 0 Å². The van der Waals surface area contributed by atoms with Gasteiger partial charge >= 0.3 is 6.18 Å². The number of sulfonamides is 1.